The normalized spacial score (nSPS) is 10.8. The number of benzene rings is 2. The fourth-order valence-corrected chi connectivity index (χ4v) is 2.09. The molecule has 0 unspecified atom stereocenters. The minimum atomic E-state index is -4.51. The van der Waals surface area contributed by atoms with Crippen LogP contribution in [0.4, 0.5) is 24.5 Å². The second-order valence-electron chi connectivity index (χ2n) is 5.41. The van der Waals surface area contributed by atoms with Crippen LogP contribution in [0.25, 0.3) is 0 Å². The van der Waals surface area contributed by atoms with E-state index < -0.39 is 35.9 Å². The molecular weight excluding hydrogens is 365 g/mol. The number of amides is 2. The molecule has 0 atom stereocenters. The van der Waals surface area contributed by atoms with Crippen LogP contribution in [0.3, 0.4) is 0 Å². The summed E-state index contributed by atoms with van der Waals surface area (Å²) in [6, 6.07) is 9.90. The van der Waals surface area contributed by atoms with Crippen LogP contribution in [0, 0.1) is 0 Å². The summed E-state index contributed by atoms with van der Waals surface area (Å²) >= 11 is 0. The molecule has 0 heterocycles. The zero-order valence-corrected chi connectivity index (χ0v) is 14.1. The summed E-state index contributed by atoms with van der Waals surface area (Å²) in [5.41, 5.74) is -0.341. The minimum Gasteiger partial charge on any atom is -0.469 e. The molecule has 0 spiro atoms. The van der Waals surface area contributed by atoms with E-state index in [9.17, 15) is 27.6 Å². The summed E-state index contributed by atoms with van der Waals surface area (Å²) in [5.74, 6) is -1.88. The molecule has 2 amide bonds. The van der Waals surface area contributed by atoms with Gasteiger partial charge in [0.2, 0.25) is 5.91 Å². The van der Waals surface area contributed by atoms with Gasteiger partial charge in [0.1, 0.15) is 6.42 Å². The van der Waals surface area contributed by atoms with E-state index in [1.165, 1.54) is 36.4 Å². The third-order valence-electron chi connectivity index (χ3n) is 3.41. The van der Waals surface area contributed by atoms with E-state index in [2.05, 4.69) is 15.4 Å². The lowest BCUT2D eigenvalue weighted by molar-refractivity contribution is -0.143. The number of nitrogens with one attached hydrogen (secondary N) is 2. The molecule has 0 saturated carbocycles. The highest BCUT2D eigenvalue weighted by molar-refractivity contribution is 6.05. The van der Waals surface area contributed by atoms with Crippen LogP contribution in [-0.4, -0.2) is 24.9 Å². The Bertz CT molecular complexity index is 848. The number of hydrogen-bond donors (Lipinski definition) is 2. The van der Waals surface area contributed by atoms with Crippen molar-refractivity contribution in [1.29, 1.82) is 0 Å². The number of methoxy groups -OCH3 is 1. The van der Waals surface area contributed by atoms with E-state index in [1.54, 1.807) is 0 Å². The maximum Gasteiger partial charge on any atom is 0.416 e. The van der Waals surface area contributed by atoms with Gasteiger partial charge in [0.25, 0.3) is 5.91 Å². The Morgan fingerprint density at radius 1 is 0.963 bits per heavy atom. The van der Waals surface area contributed by atoms with Gasteiger partial charge in [-0.25, -0.2) is 0 Å². The Morgan fingerprint density at radius 2 is 1.63 bits per heavy atom. The van der Waals surface area contributed by atoms with Crippen molar-refractivity contribution in [2.24, 2.45) is 0 Å². The molecule has 27 heavy (non-hydrogen) atoms. The van der Waals surface area contributed by atoms with Crippen molar-refractivity contribution < 1.29 is 32.3 Å². The summed E-state index contributed by atoms with van der Waals surface area (Å²) in [6.07, 6.45) is -4.96. The smallest absolute Gasteiger partial charge is 0.416 e. The second-order valence-corrected chi connectivity index (χ2v) is 5.41. The number of carbonyl (C=O) groups is 3. The Hall–Kier alpha value is -3.36. The van der Waals surface area contributed by atoms with Crippen LogP contribution < -0.4 is 10.6 Å². The van der Waals surface area contributed by atoms with E-state index in [1.807, 2.05) is 0 Å². The van der Waals surface area contributed by atoms with Gasteiger partial charge in [-0.05, 0) is 42.5 Å². The molecule has 2 rings (SSSR count). The van der Waals surface area contributed by atoms with Crippen molar-refractivity contribution in [1.82, 2.24) is 0 Å². The molecule has 0 saturated heterocycles. The summed E-state index contributed by atoms with van der Waals surface area (Å²) in [4.78, 5) is 34.7. The molecule has 0 aliphatic carbocycles. The first kappa shape index (κ1) is 20.0. The van der Waals surface area contributed by atoms with Crippen molar-refractivity contribution in [3.8, 4) is 0 Å². The third-order valence-corrected chi connectivity index (χ3v) is 3.41. The predicted octanol–water partition coefficient (Wildman–Crippen LogP) is 3.46. The van der Waals surface area contributed by atoms with Crippen LogP contribution >= 0.6 is 0 Å². The summed E-state index contributed by atoms with van der Waals surface area (Å²) in [6.45, 7) is 0. The van der Waals surface area contributed by atoms with Gasteiger partial charge in [-0.2, -0.15) is 13.2 Å². The van der Waals surface area contributed by atoms with E-state index in [0.29, 0.717) is 5.69 Å². The molecule has 0 bridgehead atoms. The number of esters is 1. The molecule has 0 aromatic heterocycles. The second kappa shape index (κ2) is 8.35. The largest absolute Gasteiger partial charge is 0.469 e. The molecule has 0 aliphatic heterocycles. The lowest BCUT2D eigenvalue weighted by Crippen LogP contribution is -2.17. The Morgan fingerprint density at radius 3 is 2.22 bits per heavy atom. The number of anilines is 2. The highest BCUT2D eigenvalue weighted by atomic mass is 19.4. The number of rotatable bonds is 5. The molecule has 0 aliphatic rings. The van der Waals surface area contributed by atoms with Gasteiger partial charge in [0.05, 0.1) is 12.7 Å². The van der Waals surface area contributed by atoms with Crippen LogP contribution in [0.15, 0.2) is 48.5 Å². The van der Waals surface area contributed by atoms with Crippen molar-refractivity contribution in [3.63, 3.8) is 0 Å². The van der Waals surface area contributed by atoms with Crippen LogP contribution in [0.2, 0.25) is 0 Å². The van der Waals surface area contributed by atoms with Gasteiger partial charge in [-0.1, -0.05) is 6.07 Å². The summed E-state index contributed by atoms with van der Waals surface area (Å²) in [5, 5.41) is 4.83. The highest BCUT2D eigenvalue weighted by Gasteiger charge is 2.30. The van der Waals surface area contributed by atoms with E-state index in [-0.39, 0.29) is 11.3 Å². The topological polar surface area (TPSA) is 84.5 Å². The number of carbonyl (C=O) groups excluding carboxylic acids is 3. The van der Waals surface area contributed by atoms with Crippen molar-refractivity contribution in [2.45, 2.75) is 12.6 Å². The lowest BCUT2D eigenvalue weighted by atomic mass is 10.1. The standard InChI is InChI=1S/C18H15F3N2O4/c1-27-16(25)10-15(24)22-13-7-5-11(6-8-13)17(26)23-14-4-2-3-12(9-14)18(19,20)21/h2-9H,10H2,1H3,(H,22,24)(H,23,26). The lowest BCUT2D eigenvalue weighted by Gasteiger charge is -2.10. The van der Waals surface area contributed by atoms with E-state index in [0.717, 1.165) is 19.2 Å². The fraction of sp³-hybridized carbons (Fsp3) is 0.167. The van der Waals surface area contributed by atoms with Gasteiger partial charge in [-0.3, -0.25) is 14.4 Å². The van der Waals surface area contributed by atoms with Gasteiger partial charge >= 0.3 is 12.1 Å². The first-order valence-electron chi connectivity index (χ1n) is 7.64. The number of alkyl halides is 3. The van der Waals surface area contributed by atoms with Crippen molar-refractivity contribution >= 4 is 29.2 Å². The van der Waals surface area contributed by atoms with Crippen LogP contribution in [0.5, 0.6) is 0 Å². The van der Waals surface area contributed by atoms with E-state index >= 15 is 0 Å². The molecule has 2 aromatic rings. The number of hydrogen-bond acceptors (Lipinski definition) is 4. The molecule has 0 radical (unpaired) electrons. The maximum atomic E-state index is 12.7. The maximum absolute atomic E-state index is 12.7. The molecule has 9 heteroatoms. The minimum absolute atomic E-state index is 0.00489. The fourth-order valence-electron chi connectivity index (χ4n) is 2.09. The van der Waals surface area contributed by atoms with Crippen molar-refractivity contribution in [3.05, 3.63) is 59.7 Å². The Labute approximate surface area is 152 Å². The third kappa shape index (κ3) is 5.84. The Kier molecular flexibility index (Phi) is 6.17. The highest BCUT2D eigenvalue weighted by Crippen LogP contribution is 2.30. The molecule has 2 N–H and O–H groups in total. The van der Waals surface area contributed by atoms with Gasteiger partial charge in [-0.15, -0.1) is 0 Å². The van der Waals surface area contributed by atoms with E-state index in [4.69, 9.17) is 0 Å². The zero-order chi connectivity index (χ0) is 20.0. The average Bonchev–Trinajstić information content (AvgIpc) is 2.61. The Balaban J connectivity index is 2.02. The average molecular weight is 380 g/mol. The SMILES string of the molecule is COC(=O)CC(=O)Nc1ccc(C(=O)Nc2cccc(C(F)(F)F)c2)cc1. The summed E-state index contributed by atoms with van der Waals surface area (Å²) < 4.78 is 42.5. The first-order chi connectivity index (χ1) is 12.7. The number of ether oxygens (including phenoxy) is 1. The predicted molar refractivity (Wildman–Crippen MR) is 91.1 cm³/mol. The number of halogens is 3. The van der Waals surface area contributed by atoms with Crippen LogP contribution in [-0.2, 0) is 20.5 Å². The molecule has 2 aromatic carbocycles. The zero-order valence-electron chi connectivity index (χ0n) is 14.1. The van der Waals surface area contributed by atoms with Crippen molar-refractivity contribution in [2.75, 3.05) is 17.7 Å². The molecular formula is C18H15F3N2O4. The quantitative estimate of drug-likeness (QED) is 0.615. The monoisotopic (exact) mass is 380 g/mol. The summed E-state index contributed by atoms with van der Waals surface area (Å²) in [7, 11) is 1.16. The van der Waals surface area contributed by atoms with Gasteiger partial charge < -0.3 is 15.4 Å². The molecule has 142 valence electrons. The van der Waals surface area contributed by atoms with Gasteiger partial charge in [0, 0.05) is 16.9 Å². The van der Waals surface area contributed by atoms with Gasteiger partial charge in [0.15, 0.2) is 0 Å². The molecule has 6 nitrogen and oxygen atoms in total. The first-order valence-corrected chi connectivity index (χ1v) is 7.64. The van der Waals surface area contributed by atoms with Crippen LogP contribution in [0.1, 0.15) is 22.3 Å². The molecule has 0 fully saturated rings.